The zero-order valence-corrected chi connectivity index (χ0v) is 15.9. The Kier molecular flexibility index (Phi) is 5.94. The van der Waals surface area contributed by atoms with Crippen LogP contribution >= 0.6 is 0 Å². The molecule has 0 aliphatic rings. The second-order valence-corrected chi connectivity index (χ2v) is 6.89. The third kappa shape index (κ3) is 3.89. The van der Waals surface area contributed by atoms with Crippen molar-refractivity contribution in [2.75, 3.05) is 7.11 Å². The minimum absolute atomic E-state index is 0.0932. The van der Waals surface area contributed by atoms with E-state index in [2.05, 4.69) is 0 Å². The van der Waals surface area contributed by atoms with Crippen LogP contribution in [0.3, 0.4) is 0 Å². The highest BCUT2D eigenvalue weighted by Gasteiger charge is 2.21. The molecule has 1 radical (unpaired) electrons. The molecule has 0 heterocycles. The third-order valence-electron chi connectivity index (χ3n) is 4.48. The van der Waals surface area contributed by atoms with Gasteiger partial charge >= 0.3 is 0 Å². The summed E-state index contributed by atoms with van der Waals surface area (Å²) in [5.41, 5.74) is 3.68. The number of phenolic OH excluding ortho intramolecular Hbond substituents is 1. The Hall–Kier alpha value is -2.23. The van der Waals surface area contributed by atoms with E-state index in [1.807, 2.05) is 60.0 Å². The van der Waals surface area contributed by atoms with Gasteiger partial charge in [0.05, 0.1) is 12.7 Å². The summed E-state index contributed by atoms with van der Waals surface area (Å²) in [6.07, 6.45) is 0. The van der Waals surface area contributed by atoms with E-state index in [0.717, 1.165) is 16.6 Å². The first-order chi connectivity index (χ1) is 11.8. The van der Waals surface area contributed by atoms with Gasteiger partial charge in [-0.3, -0.25) is 4.79 Å². The van der Waals surface area contributed by atoms with Crippen LogP contribution in [0.15, 0.2) is 30.3 Å². The minimum Gasteiger partial charge on any atom is -0.507 e. The van der Waals surface area contributed by atoms with Crippen LogP contribution in [-0.4, -0.2) is 25.3 Å². The summed E-state index contributed by atoms with van der Waals surface area (Å²) in [6.45, 7) is 9.99. The molecule has 131 valence electrons. The highest BCUT2D eigenvalue weighted by atomic mass is 16.5. The second-order valence-electron chi connectivity index (χ2n) is 6.89. The van der Waals surface area contributed by atoms with E-state index in [1.54, 1.807) is 19.2 Å². The molecule has 0 atom stereocenters. The quantitative estimate of drug-likeness (QED) is 0.633. The predicted octanol–water partition coefficient (Wildman–Crippen LogP) is 4.26. The van der Waals surface area contributed by atoms with Gasteiger partial charge in [-0.2, -0.15) is 0 Å². The molecule has 0 amide bonds. The highest BCUT2D eigenvalue weighted by molar-refractivity contribution is 6.52. The monoisotopic (exact) mass is 337 g/mol. The molecule has 4 heteroatoms. The summed E-state index contributed by atoms with van der Waals surface area (Å²) >= 11 is 0. The van der Waals surface area contributed by atoms with Gasteiger partial charge in [0.15, 0.2) is 5.78 Å². The average molecular weight is 337 g/mol. The molecule has 25 heavy (non-hydrogen) atoms. The summed E-state index contributed by atoms with van der Waals surface area (Å²) in [6, 6.07) is 9.19. The van der Waals surface area contributed by atoms with E-state index < -0.39 is 0 Å². The fourth-order valence-electron chi connectivity index (χ4n) is 2.93. The molecule has 2 aromatic carbocycles. The van der Waals surface area contributed by atoms with Crippen molar-refractivity contribution in [2.45, 2.75) is 46.4 Å². The van der Waals surface area contributed by atoms with E-state index in [1.165, 1.54) is 0 Å². The molecule has 0 saturated carbocycles. The van der Waals surface area contributed by atoms with Crippen LogP contribution in [-0.2, 0) is 0 Å². The van der Waals surface area contributed by atoms with Crippen LogP contribution in [0.5, 0.6) is 11.5 Å². The smallest absolute Gasteiger partial charge is 0.196 e. The number of phenols is 1. The Morgan fingerprint density at radius 2 is 1.60 bits per heavy atom. The number of carbonyl (C=O) groups excluding carboxylic acids is 1. The zero-order chi connectivity index (χ0) is 18.7. The normalized spacial score (nSPS) is 11.0. The van der Waals surface area contributed by atoms with Crippen LogP contribution in [0.1, 0.15) is 66.6 Å². The fourth-order valence-corrected chi connectivity index (χ4v) is 2.93. The number of methoxy groups -OCH3 is 1. The maximum Gasteiger partial charge on any atom is 0.196 e. The van der Waals surface area contributed by atoms with Crippen molar-refractivity contribution < 1.29 is 14.6 Å². The van der Waals surface area contributed by atoms with Gasteiger partial charge in [-0.1, -0.05) is 52.1 Å². The SMILES string of the molecule is C[B]c1ccc(OC)c(C(=O)c2cc(C(C)C)c(O)c(C(C)C)c2)c1. The number of carbonyl (C=O) groups is 1. The molecule has 1 N–H and O–H groups in total. The van der Waals surface area contributed by atoms with E-state index in [0.29, 0.717) is 22.6 Å². The Morgan fingerprint density at radius 1 is 1.04 bits per heavy atom. The number of rotatable bonds is 6. The first kappa shape index (κ1) is 19.1. The lowest BCUT2D eigenvalue weighted by Crippen LogP contribution is -2.15. The molecule has 0 fully saturated rings. The van der Waals surface area contributed by atoms with Gasteiger partial charge in [-0.15, -0.1) is 0 Å². The van der Waals surface area contributed by atoms with Crippen LogP contribution in [0, 0.1) is 0 Å². The Balaban J connectivity index is 2.64. The number of hydrogen-bond donors (Lipinski definition) is 1. The van der Waals surface area contributed by atoms with Gasteiger partial charge in [0, 0.05) is 5.56 Å². The largest absolute Gasteiger partial charge is 0.507 e. The van der Waals surface area contributed by atoms with Gasteiger partial charge < -0.3 is 9.84 Å². The summed E-state index contributed by atoms with van der Waals surface area (Å²) in [5.74, 6) is 1.01. The molecule has 3 nitrogen and oxygen atoms in total. The molecule has 0 aliphatic carbocycles. The van der Waals surface area contributed by atoms with Crippen molar-refractivity contribution in [3.8, 4) is 11.5 Å². The standard InChI is InChI=1S/C21H26BO3/c1-12(2)16-9-14(10-17(13(3)4)21(16)24)20(23)18-11-15(22-5)7-8-19(18)25-6/h7-13,24H,1-6H3. The molecule has 0 unspecified atom stereocenters. The van der Waals surface area contributed by atoms with Crippen molar-refractivity contribution in [1.29, 1.82) is 0 Å². The number of hydrogen-bond acceptors (Lipinski definition) is 3. The minimum atomic E-state index is -0.0932. The first-order valence-corrected chi connectivity index (χ1v) is 8.69. The maximum absolute atomic E-state index is 13.2. The lowest BCUT2D eigenvalue weighted by atomic mass is 9.72. The van der Waals surface area contributed by atoms with Crippen LogP contribution in [0.2, 0.25) is 6.82 Å². The van der Waals surface area contributed by atoms with Crippen molar-refractivity contribution in [1.82, 2.24) is 0 Å². The second kappa shape index (κ2) is 7.77. The van der Waals surface area contributed by atoms with Gasteiger partial charge in [-0.05, 0) is 41.2 Å². The fraction of sp³-hybridized carbons (Fsp3) is 0.381. The number of ether oxygens (including phenoxy) is 1. The maximum atomic E-state index is 13.2. The van der Waals surface area contributed by atoms with Crippen LogP contribution in [0.25, 0.3) is 0 Å². The molecule has 0 bridgehead atoms. The van der Waals surface area contributed by atoms with Crippen molar-refractivity contribution >= 4 is 18.5 Å². The summed E-state index contributed by atoms with van der Waals surface area (Å²) in [5, 5.41) is 10.5. The molecular weight excluding hydrogens is 311 g/mol. The van der Waals surface area contributed by atoms with Gasteiger partial charge in [0.2, 0.25) is 0 Å². The molecule has 0 saturated heterocycles. The summed E-state index contributed by atoms with van der Waals surface area (Å²) in [7, 11) is 3.52. The molecule has 0 aromatic heterocycles. The van der Waals surface area contributed by atoms with E-state index in [9.17, 15) is 9.90 Å². The Morgan fingerprint density at radius 3 is 2.04 bits per heavy atom. The lowest BCUT2D eigenvalue weighted by molar-refractivity contribution is 0.103. The lowest BCUT2D eigenvalue weighted by Gasteiger charge is -2.18. The van der Waals surface area contributed by atoms with Crippen molar-refractivity contribution in [3.63, 3.8) is 0 Å². The van der Waals surface area contributed by atoms with E-state index in [-0.39, 0.29) is 17.6 Å². The summed E-state index contributed by atoms with van der Waals surface area (Å²) in [4.78, 5) is 13.2. The van der Waals surface area contributed by atoms with Gasteiger partial charge in [0.1, 0.15) is 18.8 Å². The number of aromatic hydroxyl groups is 1. The third-order valence-corrected chi connectivity index (χ3v) is 4.48. The Labute approximate surface area is 151 Å². The number of ketones is 1. The van der Waals surface area contributed by atoms with Gasteiger partial charge in [-0.25, -0.2) is 0 Å². The molecular formula is C21H26BO3. The molecule has 0 spiro atoms. The average Bonchev–Trinajstić information content (AvgIpc) is 2.60. The first-order valence-electron chi connectivity index (χ1n) is 8.69. The van der Waals surface area contributed by atoms with Crippen molar-refractivity contribution in [3.05, 3.63) is 52.6 Å². The van der Waals surface area contributed by atoms with Crippen molar-refractivity contribution in [2.24, 2.45) is 0 Å². The Bertz CT molecular complexity index is 750. The zero-order valence-electron chi connectivity index (χ0n) is 15.9. The topological polar surface area (TPSA) is 46.5 Å². The van der Waals surface area contributed by atoms with Gasteiger partial charge in [0.25, 0.3) is 0 Å². The predicted molar refractivity (Wildman–Crippen MR) is 104 cm³/mol. The molecule has 0 aliphatic heterocycles. The van der Waals surface area contributed by atoms with Crippen LogP contribution in [0.4, 0.5) is 0 Å². The highest BCUT2D eigenvalue weighted by Crippen LogP contribution is 2.35. The molecule has 2 aromatic rings. The summed E-state index contributed by atoms with van der Waals surface area (Å²) < 4.78 is 5.38. The van der Waals surface area contributed by atoms with E-state index in [4.69, 9.17) is 4.74 Å². The number of benzene rings is 2. The molecule has 2 rings (SSSR count). The van der Waals surface area contributed by atoms with Crippen LogP contribution < -0.4 is 10.2 Å². The van der Waals surface area contributed by atoms with E-state index >= 15 is 0 Å².